The molecule has 1 rings (SSSR count). The van der Waals surface area contributed by atoms with Gasteiger partial charge in [0, 0.05) is 24.3 Å². The molecule has 1 aromatic heterocycles. The van der Waals surface area contributed by atoms with Crippen LogP contribution < -0.4 is 0 Å². The Balaban J connectivity index is 2.79. The molecule has 0 fully saturated rings. The topological polar surface area (TPSA) is 73.1 Å². The largest absolute Gasteiger partial charge is 0.288 e. The molecule has 0 N–H and O–H groups in total. The molecule has 0 atom stereocenters. The summed E-state index contributed by atoms with van der Waals surface area (Å²) in [5.74, 6) is 0.494. The molecule has 5 nitrogen and oxygen atoms in total. The highest BCUT2D eigenvalue weighted by atomic mass is 35.5. The molecular weight excluding hydrogens is 264 g/mol. The van der Waals surface area contributed by atoms with Crippen LogP contribution >= 0.6 is 23.4 Å². The van der Waals surface area contributed by atoms with Gasteiger partial charge in [-0.2, -0.15) is 0 Å². The summed E-state index contributed by atoms with van der Waals surface area (Å²) in [5.41, 5.74) is 0.346. The fraction of sp³-hybridized carbons (Fsp3) is 0.200. The predicted octanol–water partition coefficient (Wildman–Crippen LogP) is 2.94. The van der Waals surface area contributed by atoms with E-state index in [-0.39, 0.29) is 16.0 Å². The van der Waals surface area contributed by atoms with E-state index in [1.54, 1.807) is 12.2 Å². The van der Waals surface area contributed by atoms with Gasteiger partial charge in [0.25, 0.3) is 5.69 Å². The summed E-state index contributed by atoms with van der Waals surface area (Å²) in [6, 6.07) is 1.34. The molecule has 1 aromatic rings. The van der Waals surface area contributed by atoms with Crippen molar-refractivity contribution in [3.63, 3.8) is 0 Å². The average Bonchev–Trinajstić information content (AvgIpc) is 2.25. The van der Waals surface area contributed by atoms with Crippen molar-refractivity contribution in [1.29, 1.82) is 0 Å². The van der Waals surface area contributed by atoms with Gasteiger partial charge in [-0.15, -0.1) is 0 Å². The van der Waals surface area contributed by atoms with Gasteiger partial charge in [0.1, 0.15) is 11.3 Å². The molecule has 0 bridgehead atoms. The van der Waals surface area contributed by atoms with E-state index in [1.807, 2.05) is 0 Å². The van der Waals surface area contributed by atoms with Gasteiger partial charge in [-0.3, -0.25) is 14.9 Å². The zero-order valence-corrected chi connectivity index (χ0v) is 10.5. The molecule has 0 radical (unpaired) electrons. The number of aromatic nitrogens is 1. The van der Waals surface area contributed by atoms with Crippen LogP contribution in [0, 0.1) is 10.1 Å². The maximum atomic E-state index is 10.7. The van der Waals surface area contributed by atoms with Crippen molar-refractivity contribution in [2.24, 2.45) is 0 Å². The molecule has 7 heteroatoms. The van der Waals surface area contributed by atoms with Gasteiger partial charge in [-0.1, -0.05) is 35.5 Å². The number of pyridine rings is 1. The predicted molar refractivity (Wildman–Crippen MR) is 68.1 cm³/mol. The Hall–Kier alpha value is -1.40. The van der Waals surface area contributed by atoms with Gasteiger partial charge in [-0.25, -0.2) is 4.98 Å². The number of hydrogen-bond acceptors (Lipinski definition) is 5. The summed E-state index contributed by atoms with van der Waals surface area (Å²) < 4.78 is 0. The number of halogens is 1. The van der Waals surface area contributed by atoms with Gasteiger partial charge >= 0.3 is 0 Å². The molecule has 0 saturated heterocycles. The standard InChI is InChI=1S/C10H9ClN2O3S/c1-7(14)17-4-2-3-8-5-9(13(15)16)6-12-10(8)11/h2-3,5-6H,4H2,1H3. The van der Waals surface area contributed by atoms with E-state index in [9.17, 15) is 14.9 Å². The second-order valence-corrected chi connectivity index (χ2v) is 4.59. The fourth-order valence-electron chi connectivity index (χ4n) is 1.01. The van der Waals surface area contributed by atoms with Gasteiger partial charge in [0.15, 0.2) is 5.12 Å². The van der Waals surface area contributed by atoms with Crippen LogP contribution in [0.5, 0.6) is 0 Å². The quantitative estimate of drug-likeness (QED) is 0.479. The van der Waals surface area contributed by atoms with E-state index in [4.69, 9.17) is 11.6 Å². The minimum absolute atomic E-state index is 0.0120. The van der Waals surface area contributed by atoms with E-state index >= 15 is 0 Å². The van der Waals surface area contributed by atoms with Crippen LogP contribution in [0.1, 0.15) is 12.5 Å². The van der Waals surface area contributed by atoms with Crippen LogP contribution in [0.15, 0.2) is 18.3 Å². The first kappa shape index (κ1) is 13.7. The SMILES string of the molecule is CC(=O)SCC=Cc1cc([N+](=O)[O-])cnc1Cl. The fourth-order valence-corrected chi connectivity index (χ4v) is 1.60. The van der Waals surface area contributed by atoms with Crippen molar-refractivity contribution in [3.05, 3.63) is 39.2 Å². The lowest BCUT2D eigenvalue weighted by Gasteiger charge is -1.97. The Kier molecular flexibility index (Phi) is 5.11. The highest BCUT2D eigenvalue weighted by Gasteiger charge is 2.08. The molecule has 0 aliphatic carbocycles. The van der Waals surface area contributed by atoms with E-state index < -0.39 is 4.92 Å². The van der Waals surface area contributed by atoms with Crippen molar-refractivity contribution in [2.45, 2.75) is 6.92 Å². The molecule has 1 heterocycles. The summed E-state index contributed by atoms with van der Waals surface area (Å²) in [5, 5.41) is 10.7. The first-order valence-electron chi connectivity index (χ1n) is 4.60. The van der Waals surface area contributed by atoms with Crippen LogP contribution in [0.2, 0.25) is 5.15 Å². The number of carbonyl (C=O) groups is 1. The highest BCUT2D eigenvalue weighted by molar-refractivity contribution is 8.13. The molecule has 0 saturated carbocycles. The van der Waals surface area contributed by atoms with E-state index in [1.165, 1.54) is 13.0 Å². The van der Waals surface area contributed by atoms with Gasteiger partial charge in [0.05, 0.1) is 4.92 Å². The Bertz CT molecular complexity index is 477. The number of carbonyl (C=O) groups excluding carboxylic acids is 1. The van der Waals surface area contributed by atoms with Gasteiger partial charge in [-0.05, 0) is 0 Å². The number of hydrogen-bond donors (Lipinski definition) is 0. The molecule has 0 spiro atoms. The minimum atomic E-state index is -0.537. The first-order chi connectivity index (χ1) is 8.00. The Morgan fingerprint density at radius 2 is 2.41 bits per heavy atom. The number of rotatable bonds is 4. The maximum absolute atomic E-state index is 10.7. The maximum Gasteiger partial charge on any atom is 0.288 e. The molecule has 17 heavy (non-hydrogen) atoms. The van der Waals surface area contributed by atoms with Crippen molar-refractivity contribution >= 4 is 40.2 Å². The van der Waals surface area contributed by atoms with Crippen LogP contribution in [0.4, 0.5) is 5.69 Å². The molecule has 0 unspecified atom stereocenters. The van der Waals surface area contributed by atoms with E-state index in [0.717, 1.165) is 18.0 Å². The summed E-state index contributed by atoms with van der Waals surface area (Å²) in [6.07, 6.45) is 4.42. The van der Waals surface area contributed by atoms with Crippen molar-refractivity contribution in [1.82, 2.24) is 4.98 Å². The molecule has 90 valence electrons. The summed E-state index contributed by atoms with van der Waals surface area (Å²) in [7, 11) is 0. The molecule has 0 amide bonds. The van der Waals surface area contributed by atoms with Crippen LogP contribution in [-0.4, -0.2) is 20.8 Å². The summed E-state index contributed by atoms with van der Waals surface area (Å²) >= 11 is 6.93. The van der Waals surface area contributed by atoms with Crippen LogP contribution in [0.3, 0.4) is 0 Å². The Morgan fingerprint density at radius 3 is 3.00 bits per heavy atom. The lowest BCUT2D eigenvalue weighted by Crippen LogP contribution is -1.91. The van der Waals surface area contributed by atoms with Crippen molar-refractivity contribution in [2.75, 3.05) is 5.75 Å². The first-order valence-corrected chi connectivity index (χ1v) is 5.97. The lowest BCUT2D eigenvalue weighted by molar-refractivity contribution is -0.385. The molecular formula is C10H9ClN2O3S. The van der Waals surface area contributed by atoms with Crippen molar-refractivity contribution in [3.8, 4) is 0 Å². The third kappa shape index (κ3) is 4.54. The second-order valence-electron chi connectivity index (χ2n) is 3.04. The Morgan fingerprint density at radius 1 is 1.71 bits per heavy atom. The Labute approximate surface area is 107 Å². The number of nitrogens with zero attached hydrogens (tertiary/aromatic N) is 2. The normalized spacial score (nSPS) is 10.7. The average molecular weight is 273 g/mol. The lowest BCUT2D eigenvalue weighted by atomic mass is 10.2. The van der Waals surface area contributed by atoms with Gasteiger partial charge in [0.2, 0.25) is 0 Å². The zero-order valence-electron chi connectivity index (χ0n) is 8.92. The van der Waals surface area contributed by atoms with E-state index in [2.05, 4.69) is 4.98 Å². The molecule has 0 aliphatic rings. The monoisotopic (exact) mass is 272 g/mol. The smallest absolute Gasteiger partial charge is 0.288 e. The van der Waals surface area contributed by atoms with Crippen LogP contribution in [0.25, 0.3) is 6.08 Å². The molecule has 0 aliphatic heterocycles. The van der Waals surface area contributed by atoms with Gasteiger partial charge < -0.3 is 0 Å². The highest BCUT2D eigenvalue weighted by Crippen LogP contribution is 2.20. The van der Waals surface area contributed by atoms with Crippen LogP contribution in [-0.2, 0) is 4.79 Å². The summed E-state index contributed by atoms with van der Waals surface area (Å²) in [4.78, 5) is 24.4. The van der Waals surface area contributed by atoms with E-state index in [0.29, 0.717) is 11.3 Å². The number of nitro groups is 1. The minimum Gasteiger partial charge on any atom is -0.288 e. The third-order valence-electron chi connectivity index (χ3n) is 1.74. The summed E-state index contributed by atoms with van der Waals surface area (Å²) in [6.45, 7) is 1.47. The second kappa shape index (κ2) is 6.36. The molecule has 0 aromatic carbocycles. The third-order valence-corrected chi connectivity index (χ3v) is 2.82. The zero-order chi connectivity index (χ0) is 12.8. The number of thioether (sulfide) groups is 1. The van der Waals surface area contributed by atoms with Crippen molar-refractivity contribution < 1.29 is 9.72 Å².